The molecule has 3 rings (SSSR count). The lowest BCUT2D eigenvalue weighted by Crippen LogP contribution is -2.50. The summed E-state index contributed by atoms with van der Waals surface area (Å²) < 4.78 is 0. The van der Waals surface area contributed by atoms with Gasteiger partial charge < -0.3 is 10.2 Å². The van der Waals surface area contributed by atoms with Gasteiger partial charge in [-0.15, -0.1) is 11.8 Å². The third kappa shape index (κ3) is 3.29. The standard InChI is InChI=1S/C17H22N2O2S/c1-12-11-22-15-8-4-2-6-13(15)10-19(12)17(21)14-7-3-5-9-16(20)18-14/h2,4,6,8,12,14H,3,5,7,9-11H2,1H3,(H,18,20)/t12-,14+/m1/s1. The van der Waals surface area contributed by atoms with E-state index in [-0.39, 0.29) is 23.9 Å². The minimum Gasteiger partial charge on any atom is -0.344 e. The lowest BCUT2D eigenvalue weighted by atomic mass is 10.1. The molecular formula is C17H22N2O2S. The van der Waals surface area contributed by atoms with E-state index < -0.39 is 0 Å². The number of carbonyl (C=O) groups excluding carboxylic acids is 2. The second-order valence-electron chi connectivity index (χ2n) is 6.10. The molecule has 118 valence electrons. The maximum atomic E-state index is 12.9. The Balaban J connectivity index is 1.79. The molecule has 2 heterocycles. The van der Waals surface area contributed by atoms with Crippen LogP contribution in [0, 0.1) is 0 Å². The van der Waals surface area contributed by atoms with Crippen LogP contribution in [0.1, 0.15) is 38.2 Å². The summed E-state index contributed by atoms with van der Waals surface area (Å²) in [5.74, 6) is 0.969. The summed E-state index contributed by atoms with van der Waals surface area (Å²) in [5, 5.41) is 2.90. The van der Waals surface area contributed by atoms with Crippen LogP contribution in [0.5, 0.6) is 0 Å². The van der Waals surface area contributed by atoms with Crippen molar-refractivity contribution in [2.24, 2.45) is 0 Å². The van der Waals surface area contributed by atoms with Gasteiger partial charge in [-0.3, -0.25) is 9.59 Å². The van der Waals surface area contributed by atoms with E-state index in [0.29, 0.717) is 13.0 Å². The van der Waals surface area contributed by atoms with Crippen LogP contribution in [0.25, 0.3) is 0 Å². The summed E-state index contributed by atoms with van der Waals surface area (Å²) >= 11 is 1.81. The molecule has 2 atom stereocenters. The number of fused-ring (bicyclic) bond motifs is 1. The van der Waals surface area contributed by atoms with Crippen LogP contribution in [0.2, 0.25) is 0 Å². The van der Waals surface area contributed by atoms with Crippen molar-refractivity contribution >= 4 is 23.6 Å². The first-order valence-corrected chi connectivity index (χ1v) is 8.94. The lowest BCUT2D eigenvalue weighted by molar-refractivity contribution is -0.138. The number of hydrogen-bond acceptors (Lipinski definition) is 3. The molecule has 1 aromatic rings. The Morgan fingerprint density at radius 2 is 2.14 bits per heavy atom. The summed E-state index contributed by atoms with van der Waals surface area (Å²) in [5.41, 5.74) is 1.20. The van der Waals surface area contributed by atoms with Gasteiger partial charge in [0.1, 0.15) is 6.04 Å². The van der Waals surface area contributed by atoms with Crippen molar-refractivity contribution < 1.29 is 9.59 Å². The number of benzene rings is 1. The van der Waals surface area contributed by atoms with Crippen molar-refractivity contribution in [1.29, 1.82) is 0 Å². The van der Waals surface area contributed by atoms with E-state index in [9.17, 15) is 9.59 Å². The summed E-state index contributed by atoms with van der Waals surface area (Å²) in [4.78, 5) is 27.9. The van der Waals surface area contributed by atoms with E-state index in [1.54, 1.807) is 0 Å². The Morgan fingerprint density at radius 1 is 1.32 bits per heavy atom. The average molecular weight is 318 g/mol. The normalized spacial score (nSPS) is 25.7. The van der Waals surface area contributed by atoms with Crippen molar-refractivity contribution in [3.63, 3.8) is 0 Å². The highest BCUT2D eigenvalue weighted by molar-refractivity contribution is 7.99. The zero-order chi connectivity index (χ0) is 15.5. The molecule has 0 aliphatic carbocycles. The summed E-state index contributed by atoms with van der Waals surface area (Å²) in [6.07, 6.45) is 3.10. The molecule has 0 radical (unpaired) electrons. The molecule has 5 heteroatoms. The van der Waals surface area contributed by atoms with E-state index in [1.165, 1.54) is 10.5 Å². The number of thioether (sulfide) groups is 1. The molecule has 0 saturated carbocycles. The van der Waals surface area contributed by atoms with E-state index >= 15 is 0 Å². The predicted octanol–water partition coefficient (Wildman–Crippen LogP) is 2.57. The first kappa shape index (κ1) is 15.4. The van der Waals surface area contributed by atoms with Crippen LogP contribution in [0.4, 0.5) is 0 Å². The van der Waals surface area contributed by atoms with Crippen LogP contribution >= 0.6 is 11.8 Å². The van der Waals surface area contributed by atoms with Gasteiger partial charge in [0.2, 0.25) is 11.8 Å². The molecule has 1 fully saturated rings. The smallest absolute Gasteiger partial charge is 0.245 e. The molecule has 2 aliphatic heterocycles. The zero-order valence-corrected chi connectivity index (χ0v) is 13.7. The number of carbonyl (C=O) groups is 2. The van der Waals surface area contributed by atoms with Crippen LogP contribution in [-0.2, 0) is 16.1 Å². The number of nitrogens with zero attached hydrogens (tertiary/aromatic N) is 1. The molecule has 1 saturated heterocycles. The number of amides is 2. The fourth-order valence-corrected chi connectivity index (χ4v) is 4.16. The fraction of sp³-hybridized carbons (Fsp3) is 0.529. The molecular weight excluding hydrogens is 296 g/mol. The Kier molecular flexibility index (Phi) is 4.71. The lowest BCUT2D eigenvalue weighted by Gasteiger charge is -2.30. The molecule has 1 aromatic carbocycles. The van der Waals surface area contributed by atoms with E-state index in [4.69, 9.17) is 0 Å². The number of nitrogens with one attached hydrogen (secondary N) is 1. The quantitative estimate of drug-likeness (QED) is 0.866. The van der Waals surface area contributed by atoms with E-state index in [2.05, 4.69) is 24.4 Å². The summed E-state index contributed by atoms with van der Waals surface area (Å²) in [7, 11) is 0. The highest BCUT2D eigenvalue weighted by Gasteiger charge is 2.31. The van der Waals surface area contributed by atoms with Crippen molar-refractivity contribution in [2.45, 2.75) is 56.1 Å². The van der Waals surface area contributed by atoms with Gasteiger partial charge in [-0.2, -0.15) is 0 Å². The van der Waals surface area contributed by atoms with Gasteiger partial charge in [-0.25, -0.2) is 0 Å². The third-order valence-electron chi connectivity index (χ3n) is 4.39. The molecule has 4 nitrogen and oxygen atoms in total. The minimum atomic E-state index is -0.354. The number of rotatable bonds is 1. The van der Waals surface area contributed by atoms with Crippen LogP contribution < -0.4 is 5.32 Å². The Labute approximate surface area is 135 Å². The van der Waals surface area contributed by atoms with Crippen LogP contribution in [0.3, 0.4) is 0 Å². The largest absolute Gasteiger partial charge is 0.344 e. The molecule has 0 bridgehead atoms. The molecule has 22 heavy (non-hydrogen) atoms. The fourth-order valence-electron chi connectivity index (χ4n) is 3.07. The van der Waals surface area contributed by atoms with Crippen molar-refractivity contribution in [3.8, 4) is 0 Å². The maximum Gasteiger partial charge on any atom is 0.245 e. The van der Waals surface area contributed by atoms with Crippen molar-refractivity contribution in [2.75, 3.05) is 5.75 Å². The molecule has 0 spiro atoms. The minimum absolute atomic E-state index is 0.00750. The Bertz CT molecular complexity index is 576. The second kappa shape index (κ2) is 6.73. The summed E-state index contributed by atoms with van der Waals surface area (Å²) in [6.45, 7) is 2.73. The topological polar surface area (TPSA) is 49.4 Å². The molecule has 2 aliphatic rings. The maximum absolute atomic E-state index is 12.9. The van der Waals surface area contributed by atoms with E-state index in [0.717, 1.165) is 25.0 Å². The second-order valence-corrected chi connectivity index (χ2v) is 7.16. The molecule has 0 aromatic heterocycles. The van der Waals surface area contributed by atoms with Gasteiger partial charge >= 0.3 is 0 Å². The first-order chi connectivity index (χ1) is 10.6. The van der Waals surface area contributed by atoms with Crippen LogP contribution in [0.15, 0.2) is 29.2 Å². The molecule has 0 unspecified atom stereocenters. The molecule has 1 N–H and O–H groups in total. The summed E-state index contributed by atoms with van der Waals surface area (Å²) in [6, 6.07) is 8.09. The molecule has 2 amide bonds. The highest BCUT2D eigenvalue weighted by Crippen LogP contribution is 2.30. The highest BCUT2D eigenvalue weighted by atomic mass is 32.2. The van der Waals surface area contributed by atoms with Gasteiger partial charge in [0.25, 0.3) is 0 Å². The third-order valence-corrected chi connectivity index (χ3v) is 5.75. The SMILES string of the molecule is C[C@@H]1CSc2ccccc2CN1C(=O)[C@@H]1CCCCC(=O)N1. The van der Waals surface area contributed by atoms with Crippen molar-refractivity contribution in [1.82, 2.24) is 10.2 Å². The van der Waals surface area contributed by atoms with Gasteiger partial charge in [0, 0.05) is 29.7 Å². The predicted molar refractivity (Wildman–Crippen MR) is 87.6 cm³/mol. The van der Waals surface area contributed by atoms with Gasteiger partial charge in [0.05, 0.1) is 0 Å². The average Bonchev–Trinajstić information content (AvgIpc) is 2.83. The van der Waals surface area contributed by atoms with Crippen LogP contribution in [-0.4, -0.2) is 34.6 Å². The monoisotopic (exact) mass is 318 g/mol. The van der Waals surface area contributed by atoms with Crippen molar-refractivity contribution in [3.05, 3.63) is 29.8 Å². The van der Waals surface area contributed by atoms with Gasteiger partial charge in [-0.1, -0.05) is 24.6 Å². The zero-order valence-electron chi connectivity index (χ0n) is 12.9. The Morgan fingerprint density at radius 3 is 3.00 bits per heavy atom. The van der Waals surface area contributed by atoms with Gasteiger partial charge in [0.15, 0.2) is 0 Å². The Hall–Kier alpha value is -1.49. The number of hydrogen-bond donors (Lipinski definition) is 1. The first-order valence-electron chi connectivity index (χ1n) is 7.95. The van der Waals surface area contributed by atoms with Gasteiger partial charge in [-0.05, 0) is 31.4 Å². The van der Waals surface area contributed by atoms with E-state index in [1.807, 2.05) is 28.8 Å².